The van der Waals surface area contributed by atoms with E-state index in [4.69, 9.17) is 20.6 Å². The highest BCUT2D eigenvalue weighted by Crippen LogP contribution is 2.26. The molecule has 3 aromatic carbocycles. The summed E-state index contributed by atoms with van der Waals surface area (Å²) in [7, 11) is 0. The quantitative estimate of drug-likeness (QED) is 0.135. The minimum Gasteiger partial charge on any atom is -0.480 e. The fourth-order valence-corrected chi connectivity index (χ4v) is 3.83. The normalized spacial score (nSPS) is 11.1. The fraction of sp³-hybridized carbons (Fsp3) is 0.133. The number of benzene rings is 3. The first-order chi connectivity index (χ1) is 18.3. The highest BCUT2D eigenvalue weighted by molar-refractivity contribution is 5.91. The van der Waals surface area contributed by atoms with Crippen molar-refractivity contribution in [2.45, 2.75) is 25.8 Å². The largest absolute Gasteiger partial charge is 0.480 e. The average Bonchev–Trinajstić information content (AvgIpc) is 2.92. The van der Waals surface area contributed by atoms with Crippen molar-refractivity contribution in [1.82, 2.24) is 9.97 Å². The number of esters is 1. The van der Waals surface area contributed by atoms with Crippen molar-refractivity contribution < 1.29 is 19.4 Å². The van der Waals surface area contributed by atoms with Gasteiger partial charge in [-0.2, -0.15) is 0 Å². The second-order valence-electron chi connectivity index (χ2n) is 8.70. The Morgan fingerprint density at radius 3 is 2.31 bits per heavy atom. The molecule has 39 heavy (non-hydrogen) atoms. The third-order valence-corrected chi connectivity index (χ3v) is 5.88. The van der Waals surface area contributed by atoms with Crippen LogP contribution in [0.15, 0.2) is 91.5 Å². The molecule has 0 unspecified atom stereocenters. The Hall–Kier alpha value is -4.53. The van der Waals surface area contributed by atoms with Gasteiger partial charge in [0.15, 0.2) is 5.82 Å². The van der Waals surface area contributed by atoms with Crippen molar-refractivity contribution in [1.29, 1.82) is 0 Å². The smallest absolute Gasteiger partial charge is 0.343 e. The number of nitrogens with zero attached hydrogens (tertiary/aromatic N) is 2. The van der Waals surface area contributed by atoms with E-state index in [-0.39, 0.29) is 18.8 Å². The first-order valence-electron chi connectivity index (χ1n) is 12.0. The molecule has 8 nitrogen and oxygen atoms in total. The van der Waals surface area contributed by atoms with Crippen molar-refractivity contribution >= 4 is 35.9 Å². The van der Waals surface area contributed by atoms with Gasteiger partial charge in [-0.15, -0.1) is 19.0 Å². The SMILES string of the molecule is C=CCc1c(C)nc(-c2ccccc2)nc1Nc1ccc(C(=O)Oc2ccc(C[C@H](N)C(=O)O)cc2)cc1.Cl. The number of nitrogens with two attached hydrogens (primary N) is 1. The molecule has 0 radical (unpaired) electrons. The van der Waals surface area contributed by atoms with Gasteiger partial charge in [0.05, 0.1) is 5.56 Å². The van der Waals surface area contributed by atoms with Crippen LogP contribution in [0, 0.1) is 6.92 Å². The Morgan fingerprint density at radius 2 is 1.69 bits per heavy atom. The van der Waals surface area contributed by atoms with Crippen molar-refractivity contribution in [2.24, 2.45) is 5.73 Å². The van der Waals surface area contributed by atoms with Crippen molar-refractivity contribution in [2.75, 3.05) is 5.32 Å². The van der Waals surface area contributed by atoms with Crippen LogP contribution < -0.4 is 15.8 Å². The number of allylic oxidation sites excluding steroid dienone is 1. The molecule has 0 amide bonds. The van der Waals surface area contributed by atoms with Crippen LogP contribution in [-0.2, 0) is 17.6 Å². The summed E-state index contributed by atoms with van der Waals surface area (Å²) in [6.45, 7) is 5.80. The van der Waals surface area contributed by atoms with Crippen LogP contribution in [0.3, 0.4) is 0 Å². The molecule has 0 saturated carbocycles. The first kappa shape index (κ1) is 29.0. The van der Waals surface area contributed by atoms with Crippen LogP contribution in [0.2, 0.25) is 0 Å². The zero-order valence-electron chi connectivity index (χ0n) is 21.3. The van der Waals surface area contributed by atoms with E-state index in [1.807, 2.05) is 43.3 Å². The van der Waals surface area contributed by atoms with Gasteiger partial charge in [0.25, 0.3) is 0 Å². The van der Waals surface area contributed by atoms with Gasteiger partial charge in [-0.05, 0) is 61.7 Å². The van der Waals surface area contributed by atoms with Gasteiger partial charge in [-0.25, -0.2) is 14.8 Å². The van der Waals surface area contributed by atoms with Gasteiger partial charge in [0, 0.05) is 22.5 Å². The number of halogens is 1. The number of carbonyl (C=O) groups is 2. The molecule has 0 aliphatic carbocycles. The predicted octanol–water partition coefficient (Wildman–Crippen LogP) is 5.52. The minimum absolute atomic E-state index is 0. The van der Waals surface area contributed by atoms with E-state index in [1.165, 1.54) is 0 Å². The molecule has 0 fully saturated rings. The van der Waals surface area contributed by atoms with Gasteiger partial charge >= 0.3 is 11.9 Å². The summed E-state index contributed by atoms with van der Waals surface area (Å²) in [5.41, 5.74) is 10.2. The monoisotopic (exact) mass is 544 g/mol. The van der Waals surface area contributed by atoms with Crippen LogP contribution in [0.4, 0.5) is 11.5 Å². The summed E-state index contributed by atoms with van der Waals surface area (Å²) in [5, 5.41) is 12.3. The molecule has 0 bridgehead atoms. The number of carbonyl (C=O) groups excluding carboxylic acids is 1. The number of nitrogens with one attached hydrogen (secondary N) is 1. The molecule has 0 aliphatic heterocycles. The Balaban J connectivity index is 0.00000420. The molecule has 4 N–H and O–H groups in total. The highest BCUT2D eigenvalue weighted by Gasteiger charge is 2.15. The van der Waals surface area contributed by atoms with E-state index in [0.29, 0.717) is 29.4 Å². The third-order valence-electron chi connectivity index (χ3n) is 5.88. The molecule has 0 saturated heterocycles. The Kier molecular flexibility index (Phi) is 9.92. The number of hydrogen-bond acceptors (Lipinski definition) is 7. The molecule has 1 atom stereocenters. The van der Waals surface area contributed by atoms with Crippen LogP contribution in [0.25, 0.3) is 11.4 Å². The fourth-order valence-electron chi connectivity index (χ4n) is 3.83. The Bertz CT molecular complexity index is 1440. The summed E-state index contributed by atoms with van der Waals surface area (Å²) >= 11 is 0. The molecule has 0 spiro atoms. The van der Waals surface area contributed by atoms with Gasteiger partial charge in [0.2, 0.25) is 0 Å². The van der Waals surface area contributed by atoms with Gasteiger partial charge in [-0.1, -0.05) is 48.5 Å². The standard InChI is InChI=1S/C30H28N4O4.ClH/c1-3-7-25-19(2)32-27(21-8-5-4-6-9-21)34-28(25)33-23-14-12-22(13-15-23)30(37)38-24-16-10-20(11-17-24)18-26(31)29(35)36;/h3-6,8-17,26H,1,7,18,31H2,2H3,(H,35,36)(H,32,33,34);1H/t26-;/m0./s1. The van der Waals surface area contributed by atoms with Crippen LogP contribution >= 0.6 is 12.4 Å². The molecule has 0 aliphatic rings. The summed E-state index contributed by atoms with van der Waals surface area (Å²) in [5.74, 6) is 0.0673. The maximum atomic E-state index is 12.6. The second-order valence-corrected chi connectivity index (χ2v) is 8.70. The zero-order chi connectivity index (χ0) is 27.1. The lowest BCUT2D eigenvalue weighted by Crippen LogP contribution is -2.32. The summed E-state index contributed by atoms with van der Waals surface area (Å²) < 4.78 is 5.46. The number of aromatic nitrogens is 2. The molecule has 4 rings (SSSR count). The molecular formula is C30H29ClN4O4. The Labute approximate surface area is 233 Å². The van der Waals surface area contributed by atoms with E-state index < -0.39 is 18.0 Å². The number of ether oxygens (including phenoxy) is 1. The summed E-state index contributed by atoms with van der Waals surface area (Å²) in [6, 6.07) is 22.3. The molecule has 200 valence electrons. The highest BCUT2D eigenvalue weighted by atomic mass is 35.5. The molecule has 1 heterocycles. The number of aliphatic carboxylic acids is 1. The maximum Gasteiger partial charge on any atom is 0.343 e. The van der Waals surface area contributed by atoms with Gasteiger partial charge in [0.1, 0.15) is 17.6 Å². The van der Waals surface area contributed by atoms with E-state index in [9.17, 15) is 9.59 Å². The van der Waals surface area contributed by atoms with Crippen LogP contribution in [0.1, 0.15) is 27.2 Å². The second kappa shape index (κ2) is 13.3. The molecule has 1 aromatic heterocycles. The Morgan fingerprint density at radius 1 is 1.03 bits per heavy atom. The average molecular weight is 545 g/mol. The summed E-state index contributed by atoms with van der Waals surface area (Å²) in [6.07, 6.45) is 2.60. The van der Waals surface area contributed by atoms with E-state index >= 15 is 0 Å². The van der Waals surface area contributed by atoms with Crippen molar-refractivity contribution in [3.63, 3.8) is 0 Å². The van der Waals surface area contributed by atoms with Crippen molar-refractivity contribution in [3.05, 3.63) is 114 Å². The van der Waals surface area contributed by atoms with E-state index in [0.717, 1.165) is 28.1 Å². The van der Waals surface area contributed by atoms with Crippen LogP contribution in [0.5, 0.6) is 5.75 Å². The molecule has 4 aromatic rings. The number of anilines is 2. The lowest BCUT2D eigenvalue weighted by molar-refractivity contribution is -0.138. The van der Waals surface area contributed by atoms with Crippen molar-refractivity contribution in [3.8, 4) is 17.1 Å². The van der Waals surface area contributed by atoms with E-state index in [2.05, 4.69) is 16.9 Å². The number of carboxylic acid groups (broad SMARTS) is 1. The number of carboxylic acids is 1. The number of aryl methyl sites for hydroxylation is 1. The van der Waals surface area contributed by atoms with Gasteiger partial charge in [-0.3, -0.25) is 4.79 Å². The minimum atomic E-state index is -1.07. The third kappa shape index (κ3) is 7.50. The topological polar surface area (TPSA) is 127 Å². The first-order valence-corrected chi connectivity index (χ1v) is 12.0. The van der Waals surface area contributed by atoms with Gasteiger partial charge < -0.3 is 20.9 Å². The molecule has 9 heteroatoms. The number of hydrogen-bond donors (Lipinski definition) is 3. The number of rotatable bonds is 10. The molecular weight excluding hydrogens is 516 g/mol. The van der Waals surface area contributed by atoms with Crippen LogP contribution in [-0.4, -0.2) is 33.1 Å². The lowest BCUT2D eigenvalue weighted by atomic mass is 10.1. The van der Waals surface area contributed by atoms with E-state index in [1.54, 1.807) is 48.5 Å². The summed E-state index contributed by atoms with van der Waals surface area (Å²) in [4.78, 5) is 33.0. The predicted molar refractivity (Wildman–Crippen MR) is 154 cm³/mol. The maximum absolute atomic E-state index is 12.6. The lowest BCUT2D eigenvalue weighted by Gasteiger charge is -2.14. The zero-order valence-corrected chi connectivity index (χ0v) is 22.2.